The first-order valence-corrected chi connectivity index (χ1v) is 10.4. The van der Waals surface area contributed by atoms with Gasteiger partial charge < -0.3 is 10.2 Å². The lowest BCUT2D eigenvalue weighted by atomic mass is 9.76. The molecule has 0 bridgehead atoms. The van der Waals surface area contributed by atoms with Gasteiger partial charge in [0.25, 0.3) is 0 Å². The van der Waals surface area contributed by atoms with Crippen LogP contribution in [-0.2, 0) is 0 Å². The van der Waals surface area contributed by atoms with Gasteiger partial charge in [0, 0.05) is 41.9 Å². The van der Waals surface area contributed by atoms with Crippen LogP contribution in [0.5, 0.6) is 0 Å². The Balaban J connectivity index is 1.73. The van der Waals surface area contributed by atoms with Crippen LogP contribution in [0.2, 0.25) is 0 Å². The van der Waals surface area contributed by atoms with Gasteiger partial charge in [0.1, 0.15) is 5.82 Å². The Morgan fingerprint density at radius 2 is 2.00 bits per heavy atom. The standard InChI is InChI=1S/C24H24N8/c1-15-19(11-25)23(16-4-6-21-18(10-16)14-29-31-21)20(12-26)24(30-15)17-5-7-22(28-13-17)27-8-9-32(2)3/h4-7,10,13-14,19,23H,8-9H2,1-3H3,(H,27,28)(H,29,31). The third kappa shape index (κ3) is 4.09. The summed E-state index contributed by atoms with van der Waals surface area (Å²) in [6.07, 6.45) is 3.47. The summed E-state index contributed by atoms with van der Waals surface area (Å²) in [5.74, 6) is -0.157. The maximum atomic E-state index is 10.1. The first-order valence-electron chi connectivity index (χ1n) is 10.4. The largest absolute Gasteiger partial charge is 0.369 e. The van der Waals surface area contributed by atoms with Crippen molar-refractivity contribution in [3.8, 4) is 12.1 Å². The second-order valence-corrected chi connectivity index (χ2v) is 8.09. The molecule has 8 nitrogen and oxygen atoms in total. The number of likely N-dealkylation sites (N-methyl/N-ethyl adjacent to an activating group) is 1. The van der Waals surface area contributed by atoms with Crippen molar-refractivity contribution in [3.63, 3.8) is 0 Å². The summed E-state index contributed by atoms with van der Waals surface area (Å²) in [5.41, 5.74) is 4.29. The van der Waals surface area contributed by atoms with Crippen LogP contribution in [0.3, 0.4) is 0 Å². The van der Waals surface area contributed by atoms with Gasteiger partial charge in [-0.3, -0.25) is 10.1 Å². The molecule has 2 unspecified atom stereocenters. The van der Waals surface area contributed by atoms with E-state index in [1.54, 1.807) is 12.4 Å². The van der Waals surface area contributed by atoms with Crippen LogP contribution in [0, 0.1) is 28.6 Å². The number of fused-ring (bicyclic) bond motifs is 1. The molecule has 1 aromatic carbocycles. The molecule has 0 radical (unpaired) electrons. The van der Waals surface area contributed by atoms with Gasteiger partial charge in [0.15, 0.2) is 0 Å². The van der Waals surface area contributed by atoms with E-state index in [0.717, 1.165) is 40.9 Å². The number of nitrogens with zero attached hydrogens (tertiary/aromatic N) is 6. The Bertz CT molecular complexity index is 1270. The number of aromatic amines is 1. The molecule has 8 heteroatoms. The van der Waals surface area contributed by atoms with Gasteiger partial charge in [-0.15, -0.1) is 0 Å². The average Bonchev–Trinajstić information content (AvgIpc) is 3.26. The zero-order valence-corrected chi connectivity index (χ0v) is 18.3. The zero-order chi connectivity index (χ0) is 22.7. The number of aromatic nitrogens is 3. The Morgan fingerprint density at radius 1 is 1.16 bits per heavy atom. The van der Waals surface area contributed by atoms with Crippen LogP contribution in [0.15, 0.2) is 53.3 Å². The molecule has 1 aliphatic rings. The Labute approximate surface area is 186 Å². The number of allylic oxidation sites excluding steroid dienone is 1. The van der Waals surface area contributed by atoms with E-state index in [1.165, 1.54) is 0 Å². The van der Waals surface area contributed by atoms with Gasteiger partial charge in [-0.25, -0.2) is 4.98 Å². The second kappa shape index (κ2) is 9.01. The number of aliphatic imine (C=N–C) groups is 1. The molecule has 1 aliphatic heterocycles. The van der Waals surface area contributed by atoms with Crippen LogP contribution in [0.1, 0.15) is 24.0 Å². The van der Waals surface area contributed by atoms with Gasteiger partial charge in [-0.2, -0.15) is 15.6 Å². The average molecular weight is 425 g/mol. The van der Waals surface area contributed by atoms with Gasteiger partial charge in [-0.05, 0) is 50.8 Å². The third-order valence-electron chi connectivity index (χ3n) is 5.62. The van der Waals surface area contributed by atoms with Gasteiger partial charge in [0.05, 0.1) is 41.0 Å². The number of H-pyrrole nitrogens is 1. The fourth-order valence-electron chi connectivity index (χ4n) is 3.93. The molecular formula is C24H24N8. The molecule has 0 saturated carbocycles. The van der Waals surface area contributed by atoms with Crippen molar-refractivity contribution in [3.05, 3.63) is 59.4 Å². The highest BCUT2D eigenvalue weighted by Crippen LogP contribution is 2.41. The maximum Gasteiger partial charge on any atom is 0.125 e. The maximum absolute atomic E-state index is 10.1. The van der Waals surface area contributed by atoms with E-state index >= 15 is 0 Å². The van der Waals surface area contributed by atoms with Crippen LogP contribution in [0.25, 0.3) is 16.6 Å². The third-order valence-corrected chi connectivity index (χ3v) is 5.62. The molecule has 0 spiro atoms. The lowest BCUT2D eigenvalue weighted by molar-refractivity contribution is 0.425. The summed E-state index contributed by atoms with van der Waals surface area (Å²) in [6.45, 7) is 3.52. The predicted molar refractivity (Wildman–Crippen MR) is 125 cm³/mol. The van der Waals surface area contributed by atoms with E-state index in [4.69, 9.17) is 0 Å². The fourth-order valence-corrected chi connectivity index (χ4v) is 3.93. The van der Waals surface area contributed by atoms with E-state index in [9.17, 15) is 10.5 Å². The van der Waals surface area contributed by atoms with Crippen molar-refractivity contribution in [2.45, 2.75) is 12.8 Å². The Kier molecular flexibility index (Phi) is 5.98. The highest BCUT2D eigenvalue weighted by Gasteiger charge is 2.35. The lowest BCUT2D eigenvalue weighted by Crippen LogP contribution is -2.25. The molecule has 2 aromatic heterocycles. The highest BCUT2D eigenvalue weighted by atomic mass is 15.1. The van der Waals surface area contributed by atoms with Gasteiger partial charge >= 0.3 is 0 Å². The van der Waals surface area contributed by atoms with E-state index in [0.29, 0.717) is 17.0 Å². The molecule has 0 saturated heterocycles. The van der Waals surface area contributed by atoms with Crippen molar-refractivity contribution in [1.29, 1.82) is 10.5 Å². The quantitative estimate of drug-likeness (QED) is 0.625. The van der Waals surface area contributed by atoms with Gasteiger partial charge in [-0.1, -0.05) is 6.07 Å². The van der Waals surface area contributed by atoms with E-state index in [2.05, 4.69) is 42.5 Å². The van der Waals surface area contributed by atoms with Crippen molar-refractivity contribution >= 4 is 28.1 Å². The first kappa shape index (κ1) is 21.2. The molecule has 2 atom stereocenters. The molecule has 3 heterocycles. The number of nitriles is 2. The molecule has 0 amide bonds. The van der Waals surface area contributed by atoms with Crippen LogP contribution in [-0.4, -0.2) is 53.0 Å². The first-order chi connectivity index (χ1) is 15.5. The number of pyridine rings is 1. The number of hydrogen-bond acceptors (Lipinski definition) is 7. The van der Waals surface area contributed by atoms with Crippen LogP contribution < -0.4 is 5.32 Å². The minimum Gasteiger partial charge on any atom is -0.369 e. The van der Waals surface area contributed by atoms with E-state index < -0.39 is 11.8 Å². The second-order valence-electron chi connectivity index (χ2n) is 8.09. The van der Waals surface area contributed by atoms with Crippen molar-refractivity contribution in [1.82, 2.24) is 20.1 Å². The summed E-state index contributed by atoms with van der Waals surface area (Å²) in [7, 11) is 4.04. The lowest BCUT2D eigenvalue weighted by Gasteiger charge is -2.28. The molecular weight excluding hydrogens is 400 g/mol. The molecule has 4 rings (SSSR count). The van der Waals surface area contributed by atoms with Crippen molar-refractivity contribution in [2.24, 2.45) is 10.9 Å². The van der Waals surface area contributed by atoms with Gasteiger partial charge in [0.2, 0.25) is 0 Å². The summed E-state index contributed by atoms with van der Waals surface area (Å²) in [5, 5.41) is 31.2. The monoisotopic (exact) mass is 424 g/mol. The number of anilines is 1. The molecule has 32 heavy (non-hydrogen) atoms. The number of hydrogen-bond donors (Lipinski definition) is 2. The summed E-state index contributed by atoms with van der Waals surface area (Å²) in [4.78, 5) is 11.3. The van der Waals surface area contributed by atoms with E-state index in [1.807, 2.05) is 51.4 Å². The minimum absolute atomic E-state index is 0.408. The van der Waals surface area contributed by atoms with Crippen molar-refractivity contribution in [2.75, 3.05) is 32.5 Å². The van der Waals surface area contributed by atoms with Crippen molar-refractivity contribution < 1.29 is 0 Å². The predicted octanol–water partition coefficient (Wildman–Crippen LogP) is 3.56. The molecule has 3 aromatic rings. The van der Waals surface area contributed by atoms with E-state index in [-0.39, 0.29) is 0 Å². The topological polar surface area (TPSA) is 117 Å². The van der Waals surface area contributed by atoms with Crippen LogP contribution >= 0.6 is 0 Å². The molecule has 0 fully saturated rings. The van der Waals surface area contributed by atoms with Crippen LogP contribution in [0.4, 0.5) is 5.82 Å². The Hall–Kier alpha value is -4.01. The normalized spacial score (nSPS) is 18.4. The Morgan fingerprint density at radius 3 is 2.69 bits per heavy atom. The summed E-state index contributed by atoms with van der Waals surface area (Å²) >= 11 is 0. The number of benzene rings is 1. The number of rotatable bonds is 6. The highest BCUT2D eigenvalue weighted by molar-refractivity contribution is 5.97. The molecule has 2 N–H and O–H groups in total. The smallest absolute Gasteiger partial charge is 0.125 e. The minimum atomic E-state index is -0.516. The summed E-state index contributed by atoms with van der Waals surface area (Å²) in [6, 6.07) is 14.4. The summed E-state index contributed by atoms with van der Waals surface area (Å²) < 4.78 is 0. The SMILES string of the molecule is CC1=NC(c2ccc(NCCN(C)C)nc2)=C(C#N)C(c2ccc3[nH]ncc3c2)C1C#N. The molecule has 160 valence electrons. The fraction of sp³-hybridized carbons (Fsp3) is 0.292. The zero-order valence-electron chi connectivity index (χ0n) is 18.3. The molecule has 0 aliphatic carbocycles. The number of nitrogens with one attached hydrogen (secondary N) is 2.